The van der Waals surface area contributed by atoms with E-state index in [0.29, 0.717) is 41.5 Å². The molecule has 8 atom stereocenters. The second-order valence-electron chi connectivity index (χ2n) is 21.0. The topological polar surface area (TPSA) is 140 Å². The Bertz CT molecular complexity index is 1970. The highest BCUT2D eigenvalue weighted by Gasteiger charge is 2.71. The molecule has 2 heterocycles. The summed E-state index contributed by atoms with van der Waals surface area (Å²) in [6, 6.07) is 0. The normalized spacial score (nSPS) is 34.8. The average Bonchev–Trinajstić information content (AvgIpc) is 3.68. The number of halogens is 1. The highest BCUT2D eigenvalue weighted by molar-refractivity contribution is 6.30. The zero-order chi connectivity index (χ0) is 41.7. The van der Waals surface area contributed by atoms with E-state index >= 15 is 0 Å². The number of nitrogens with zero attached hydrogens (tertiary/aromatic N) is 6. The number of hydrogen-bond acceptors (Lipinski definition) is 9. The lowest BCUT2D eigenvalue weighted by atomic mass is 9.33. The summed E-state index contributed by atoms with van der Waals surface area (Å²) in [4.78, 5) is 50.7. The average molecular weight is 806 g/mol. The number of likely N-dealkylation sites (N-methyl/N-ethyl adjacent to an activating group) is 1. The fourth-order valence-corrected chi connectivity index (χ4v) is 13.6. The number of ketones is 1. The van der Waals surface area contributed by atoms with Gasteiger partial charge in [-0.15, -0.1) is 10.2 Å². The van der Waals surface area contributed by atoms with E-state index in [1.54, 1.807) is 26.2 Å². The van der Waals surface area contributed by atoms with Crippen LogP contribution in [0.2, 0.25) is 5.02 Å². The van der Waals surface area contributed by atoms with Gasteiger partial charge in [0.2, 0.25) is 5.82 Å². The van der Waals surface area contributed by atoms with Gasteiger partial charge in [-0.1, -0.05) is 60.1 Å². The molecule has 57 heavy (non-hydrogen) atoms. The van der Waals surface area contributed by atoms with E-state index in [4.69, 9.17) is 26.5 Å². The quantitative estimate of drug-likeness (QED) is 0.232. The van der Waals surface area contributed by atoms with E-state index in [2.05, 4.69) is 82.0 Å². The minimum Gasteiger partial charge on any atom is -0.481 e. The Kier molecular flexibility index (Phi) is 10.5. The molecule has 0 amide bonds. The Hall–Kier alpha value is -3.18. The Balaban J connectivity index is 1.25. The molecule has 12 heteroatoms. The summed E-state index contributed by atoms with van der Waals surface area (Å²) in [6.07, 6.45) is 11.0. The maximum Gasteiger partial charge on any atom is 0.309 e. The lowest BCUT2D eigenvalue weighted by Gasteiger charge is -2.72. The van der Waals surface area contributed by atoms with Crippen molar-refractivity contribution in [2.24, 2.45) is 50.7 Å². The molecule has 0 aromatic carbocycles. The van der Waals surface area contributed by atoms with Crippen molar-refractivity contribution in [2.45, 2.75) is 145 Å². The number of rotatable bonds is 10. The second kappa shape index (κ2) is 14.2. The van der Waals surface area contributed by atoms with Gasteiger partial charge in [0.05, 0.1) is 22.3 Å². The zero-order valence-electron chi connectivity index (χ0n) is 36.2. The van der Waals surface area contributed by atoms with Gasteiger partial charge < -0.3 is 19.3 Å². The first kappa shape index (κ1) is 42.0. The van der Waals surface area contributed by atoms with Crippen LogP contribution < -0.4 is 0 Å². The molecule has 2 aromatic rings. The third-order valence-corrected chi connectivity index (χ3v) is 16.8. The van der Waals surface area contributed by atoms with Crippen molar-refractivity contribution in [3.8, 4) is 11.6 Å². The molecular weight excluding hydrogens is 740 g/mol. The molecule has 312 valence electrons. The molecule has 5 aliphatic carbocycles. The summed E-state index contributed by atoms with van der Waals surface area (Å²) in [6.45, 7) is 21.1. The summed E-state index contributed by atoms with van der Waals surface area (Å²) in [5, 5.41) is 19.9. The van der Waals surface area contributed by atoms with Crippen molar-refractivity contribution in [1.29, 1.82) is 0 Å². The standard InChI is InChI=1S/C45H65ClN6O5/c1-26(2)34-29(53)22-45(38-50-49-37(52(38)21-20-51(10)11)36-47-24-27(46)25-48-36)19-18-43(8)28(35(34)45)12-13-31-42(7)16-15-32(57-33(54)23-40(3,4)39(55)56)41(5,6)30(42)14-17-44(31,43)9/h24-26,28,30-32H,12-23H2,1-11H3,(H,55,56)/t28-,30+,31-,32+,42+,43-,44-,45-/m1/s1. The molecule has 4 fully saturated rings. The van der Waals surface area contributed by atoms with Crippen molar-refractivity contribution in [3.05, 3.63) is 34.4 Å². The van der Waals surface area contributed by atoms with Gasteiger partial charge in [0.1, 0.15) is 11.9 Å². The molecule has 0 saturated heterocycles. The molecule has 0 bridgehead atoms. The van der Waals surface area contributed by atoms with Gasteiger partial charge in [-0.3, -0.25) is 14.4 Å². The molecule has 5 aliphatic rings. The summed E-state index contributed by atoms with van der Waals surface area (Å²) < 4.78 is 8.40. The van der Waals surface area contributed by atoms with Crippen LogP contribution in [0, 0.1) is 50.7 Å². The first-order chi connectivity index (χ1) is 26.5. The Morgan fingerprint density at radius 2 is 1.65 bits per heavy atom. The number of Topliss-reactive ketones (excluding diaryl/α,β-unsaturated/α-hetero) is 1. The molecule has 0 spiro atoms. The number of esters is 1. The predicted molar refractivity (Wildman–Crippen MR) is 219 cm³/mol. The van der Waals surface area contributed by atoms with Crippen LogP contribution in [0.3, 0.4) is 0 Å². The Morgan fingerprint density at radius 3 is 2.28 bits per heavy atom. The molecule has 2 aromatic heterocycles. The Morgan fingerprint density at radius 1 is 0.965 bits per heavy atom. The maximum absolute atomic E-state index is 14.5. The van der Waals surface area contributed by atoms with E-state index in [0.717, 1.165) is 69.3 Å². The SMILES string of the molecule is CC(C)C1=C2[C@H]3CC[C@@H]4[C@@]5(C)CC[C@H](OC(=O)CC(C)(C)C(=O)O)C(C)(C)[C@@H]5CC[C@@]4(C)[C@]3(C)CC[C@@]2(c2nnc(-c3ncc(Cl)cn3)n2CCN(C)C)CC1=O. The van der Waals surface area contributed by atoms with Gasteiger partial charge in [-0.25, -0.2) is 9.97 Å². The molecule has 4 saturated carbocycles. The molecule has 0 radical (unpaired) electrons. The van der Waals surface area contributed by atoms with E-state index in [9.17, 15) is 19.5 Å². The van der Waals surface area contributed by atoms with Crippen molar-refractivity contribution < 1.29 is 24.2 Å². The number of carboxylic acids is 1. The van der Waals surface area contributed by atoms with Gasteiger partial charge in [0.25, 0.3) is 0 Å². The largest absolute Gasteiger partial charge is 0.481 e. The number of carbonyl (C=O) groups is 3. The van der Waals surface area contributed by atoms with Crippen molar-refractivity contribution in [2.75, 3.05) is 20.6 Å². The predicted octanol–water partition coefficient (Wildman–Crippen LogP) is 8.59. The number of fused-ring (bicyclic) bond motifs is 7. The molecule has 0 unspecified atom stereocenters. The fourth-order valence-electron chi connectivity index (χ4n) is 13.5. The maximum atomic E-state index is 14.5. The summed E-state index contributed by atoms with van der Waals surface area (Å²) in [5.74, 6) is 1.92. The molecule has 1 N–H and O–H groups in total. The van der Waals surface area contributed by atoms with Crippen molar-refractivity contribution in [3.63, 3.8) is 0 Å². The highest BCUT2D eigenvalue weighted by atomic mass is 35.5. The zero-order valence-corrected chi connectivity index (χ0v) is 36.9. The van der Waals surface area contributed by atoms with Crippen molar-refractivity contribution in [1.82, 2.24) is 29.6 Å². The van der Waals surface area contributed by atoms with E-state index in [1.807, 2.05) is 0 Å². The van der Waals surface area contributed by atoms with Gasteiger partial charge in [0.15, 0.2) is 11.6 Å². The minimum atomic E-state index is -1.17. The van der Waals surface area contributed by atoms with Crippen LogP contribution in [0.15, 0.2) is 23.5 Å². The van der Waals surface area contributed by atoms with E-state index in [-0.39, 0.29) is 51.8 Å². The molecule has 11 nitrogen and oxygen atoms in total. The third-order valence-electron chi connectivity index (χ3n) is 16.6. The number of carboxylic acid groups (broad SMARTS) is 1. The third kappa shape index (κ3) is 6.42. The summed E-state index contributed by atoms with van der Waals surface area (Å²) >= 11 is 6.20. The minimum absolute atomic E-state index is 0.0278. The van der Waals surface area contributed by atoms with Crippen LogP contribution in [0.5, 0.6) is 0 Å². The van der Waals surface area contributed by atoms with Crippen LogP contribution in [-0.2, 0) is 31.1 Å². The van der Waals surface area contributed by atoms with Crippen molar-refractivity contribution >= 4 is 29.3 Å². The first-order valence-corrected chi connectivity index (χ1v) is 21.7. The van der Waals surface area contributed by atoms with Gasteiger partial charge in [-0.2, -0.15) is 0 Å². The molecule has 0 aliphatic heterocycles. The van der Waals surface area contributed by atoms with E-state index < -0.39 is 22.8 Å². The number of aromatic nitrogens is 5. The monoisotopic (exact) mass is 804 g/mol. The summed E-state index contributed by atoms with van der Waals surface area (Å²) in [7, 11) is 4.12. The lowest BCUT2D eigenvalue weighted by Crippen LogP contribution is -2.66. The Labute approximate surface area is 344 Å². The van der Waals surface area contributed by atoms with Crippen LogP contribution in [0.1, 0.15) is 132 Å². The molecular formula is C45H65ClN6O5. The second-order valence-corrected chi connectivity index (χ2v) is 21.4. The van der Waals surface area contributed by atoms with E-state index in [1.165, 1.54) is 5.57 Å². The van der Waals surface area contributed by atoms with Gasteiger partial charge >= 0.3 is 11.9 Å². The van der Waals surface area contributed by atoms with Crippen LogP contribution >= 0.6 is 11.6 Å². The fraction of sp³-hybridized carbons (Fsp3) is 0.756. The number of hydrogen-bond donors (Lipinski definition) is 1. The smallest absolute Gasteiger partial charge is 0.309 e. The summed E-state index contributed by atoms with van der Waals surface area (Å²) in [5.41, 5.74) is 0.383. The lowest BCUT2D eigenvalue weighted by molar-refractivity contribution is -0.232. The number of allylic oxidation sites excluding steroid dienone is 2. The highest BCUT2D eigenvalue weighted by Crippen LogP contribution is 2.76. The number of ether oxygens (including phenoxy) is 1. The van der Waals surface area contributed by atoms with Crippen LogP contribution in [-0.4, -0.2) is 79.2 Å². The molecule has 7 rings (SSSR count). The number of carbonyl (C=O) groups excluding carboxylic acids is 2. The van der Waals surface area contributed by atoms with Gasteiger partial charge in [0, 0.05) is 37.3 Å². The van der Waals surface area contributed by atoms with Gasteiger partial charge in [-0.05, 0) is 130 Å². The first-order valence-electron chi connectivity index (χ1n) is 21.3. The van der Waals surface area contributed by atoms with Crippen LogP contribution in [0.4, 0.5) is 0 Å². The number of aliphatic carboxylic acids is 1. The van der Waals surface area contributed by atoms with Crippen LogP contribution in [0.25, 0.3) is 11.6 Å².